The minimum Gasteiger partial charge on any atom is -0.471 e. The topological polar surface area (TPSA) is 47.0 Å². The van der Waals surface area contributed by atoms with Crippen LogP contribution in [-0.2, 0) is 0 Å². The minimum absolute atomic E-state index is 0.179. The highest BCUT2D eigenvalue weighted by atomic mass is 16.5. The van der Waals surface area contributed by atoms with Gasteiger partial charge in [0.15, 0.2) is 0 Å². The monoisotopic (exact) mass is 243 g/mol. The lowest BCUT2D eigenvalue weighted by molar-refractivity contribution is 0.110. The van der Waals surface area contributed by atoms with E-state index in [-0.39, 0.29) is 6.10 Å². The van der Waals surface area contributed by atoms with Crippen molar-refractivity contribution in [2.45, 2.75) is 19.4 Å². The van der Waals surface area contributed by atoms with Crippen molar-refractivity contribution >= 4 is 10.8 Å². The zero-order chi connectivity index (χ0) is 12.4. The molecule has 2 heterocycles. The first-order valence-electron chi connectivity index (χ1n) is 6.42. The predicted molar refractivity (Wildman–Crippen MR) is 70.6 cm³/mol. The highest BCUT2D eigenvalue weighted by Gasteiger charge is 2.23. The molecule has 0 spiro atoms. The first-order chi connectivity index (χ1) is 8.84. The summed E-state index contributed by atoms with van der Waals surface area (Å²) < 4.78 is 6.04. The molecule has 2 unspecified atom stereocenters. The fourth-order valence-corrected chi connectivity index (χ4v) is 2.35. The van der Waals surface area contributed by atoms with Crippen molar-refractivity contribution in [3.63, 3.8) is 0 Å². The molecule has 1 fully saturated rings. The van der Waals surface area contributed by atoms with Gasteiger partial charge >= 0.3 is 0 Å². The zero-order valence-corrected chi connectivity index (χ0v) is 10.5. The second-order valence-corrected chi connectivity index (χ2v) is 4.86. The van der Waals surface area contributed by atoms with E-state index in [1.165, 1.54) is 0 Å². The van der Waals surface area contributed by atoms with Gasteiger partial charge in [-0.25, -0.2) is 0 Å². The average Bonchev–Trinajstić information content (AvgIpc) is 2.42. The summed E-state index contributed by atoms with van der Waals surface area (Å²) in [6.45, 7) is 4.18. The Bertz CT molecular complexity index is 538. The van der Waals surface area contributed by atoms with Crippen LogP contribution in [0.25, 0.3) is 10.8 Å². The lowest BCUT2D eigenvalue weighted by Gasteiger charge is -2.29. The molecule has 0 radical (unpaired) electrons. The van der Waals surface area contributed by atoms with E-state index in [9.17, 15) is 0 Å². The molecule has 4 nitrogen and oxygen atoms in total. The van der Waals surface area contributed by atoms with Crippen molar-refractivity contribution in [1.29, 1.82) is 0 Å². The molecule has 0 bridgehead atoms. The molecule has 1 saturated heterocycles. The number of hydrogen-bond donors (Lipinski definition) is 1. The van der Waals surface area contributed by atoms with E-state index >= 15 is 0 Å². The molecule has 0 aliphatic carbocycles. The Morgan fingerprint density at radius 3 is 3.11 bits per heavy atom. The molecule has 1 aromatic carbocycles. The third-order valence-electron chi connectivity index (χ3n) is 3.56. The summed E-state index contributed by atoms with van der Waals surface area (Å²) >= 11 is 0. The Labute approximate surface area is 106 Å². The Hall–Kier alpha value is -1.68. The number of ether oxygens (including phenoxy) is 1. The van der Waals surface area contributed by atoms with E-state index in [4.69, 9.17) is 4.74 Å². The molecule has 1 N–H and O–H groups in total. The normalized spacial score (nSPS) is 24.1. The van der Waals surface area contributed by atoms with E-state index < -0.39 is 0 Å². The lowest BCUT2D eigenvalue weighted by Crippen LogP contribution is -2.43. The maximum atomic E-state index is 6.04. The Morgan fingerprint density at radius 1 is 1.33 bits per heavy atom. The third-order valence-corrected chi connectivity index (χ3v) is 3.56. The van der Waals surface area contributed by atoms with E-state index in [1.807, 2.05) is 24.3 Å². The number of fused-ring (bicyclic) bond motifs is 1. The molecule has 18 heavy (non-hydrogen) atoms. The first-order valence-corrected chi connectivity index (χ1v) is 6.42. The van der Waals surface area contributed by atoms with Gasteiger partial charge in [0.2, 0.25) is 5.88 Å². The van der Waals surface area contributed by atoms with Gasteiger partial charge < -0.3 is 10.1 Å². The smallest absolute Gasteiger partial charge is 0.241 e. The molecule has 2 aromatic rings. The third kappa shape index (κ3) is 2.16. The van der Waals surface area contributed by atoms with Crippen molar-refractivity contribution in [2.24, 2.45) is 5.92 Å². The van der Waals surface area contributed by atoms with E-state index in [0.29, 0.717) is 11.8 Å². The van der Waals surface area contributed by atoms with Gasteiger partial charge in [-0.1, -0.05) is 25.1 Å². The number of hydrogen-bond acceptors (Lipinski definition) is 4. The van der Waals surface area contributed by atoms with E-state index in [2.05, 4.69) is 22.4 Å². The molecule has 4 heteroatoms. The molecule has 1 aliphatic heterocycles. The quantitative estimate of drug-likeness (QED) is 0.876. The number of aromatic nitrogens is 2. The van der Waals surface area contributed by atoms with Gasteiger partial charge in [-0.05, 0) is 24.9 Å². The van der Waals surface area contributed by atoms with Gasteiger partial charge in [-0.2, -0.15) is 5.10 Å². The summed E-state index contributed by atoms with van der Waals surface area (Å²) in [6.07, 6.45) is 3.09. The molecule has 0 amide bonds. The molecule has 1 aromatic heterocycles. The number of rotatable bonds is 2. The van der Waals surface area contributed by atoms with Crippen molar-refractivity contribution in [3.8, 4) is 5.88 Å². The molecule has 3 rings (SSSR count). The molecule has 1 aliphatic rings. The number of nitrogens with zero attached hydrogens (tertiary/aromatic N) is 2. The van der Waals surface area contributed by atoms with Crippen molar-refractivity contribution in [1.82, 2.24) is 15.5 Å². The maximum Gasteiger partial charge on any atom is 0.241 e. The Kier molecular flexibility index (Phi) is 3.11. The fraction of sp³-hybridized carbons (Fsp3) is 0.429. The summed E-state index contributed by atoms with van der Waals surface area (Å²) in [4.78, 5) is 0. The highest BCUT2D eigenvalue weighted by molar-refractivity contribution is 5.85. The van der Waals surface area contributed by atoms with Crippen LogP contribution in [0, 0.1) is 5.92 Å². The van der Waals surface area contributed by atoms with Crippen molar-refractivity contribution < 1.29 is 4.74 Å². The first kappa shape index (κ1) is 11.4. The second-order valence-electron chi connectivity index (χ2n) is 4.86. The number of benzene rings is 1. The van der Waals surface area contributed by atoms with Crippen LogP contribution in [0.1, 0.15) is 13.3 Å². The van der Waals surface area contributed by atoms with Crippen LogP contribution in [0.3, 0.4) is 0 Å². The Morgan fingerprint density at radius 2 is 2.22 bits per heavy atom. The van der Waals surface area contributed by atoms with Crippen molar-refractivity contribution in [2.75, 3.05) is 13.1 Å². The van der Waals surface area contributed by atoms with E-state index in [1.54, 1.807) is 6.20 Å². The molecule has 0 saturated carbocycles. The van der Waals surface area contributed by atoms with Crippen LogP contribution in [0.4, 0.5) is 0 Å². The standard InChI is InChI=1S/C14H17N3O/c1-10-6-7-15-9-13(10)18-14-12-5-3-2-4-11(12)8-16-17-14/h2-5,8,10,13,15H,6-7,9H2,1H3. The Balaban J connectivity index is 1.90. The minimum atomic E-state index is 0.179. The summed E-state index contributed by atoms with van der Waals surface area (Å²) in [5.74, 6) is 1.20. The van der Waals surface area contributed by atoms with Crippen LogP contribution < -0.4 is 10.1 Å². The lowest BCUT2D eigenvalue weighted by atomic mass is 9.97. The van der Waals surface area contributed by atoms with Crippen LogP contribution in [0.5, 0.6) is 5.88 Å². The summed E-state index contributed by atoms with van der Waals surface area (Å²) in [5, 5.41) is 13.6. The van der Waals surface area contributed by atoms with Gasteiger partial charge in [0.25, 0.3) is 0 Å². The SMILES string of the molecule is CC1CCNCC1Oc1nncc2ccccc12. The van der Waals surface area contributed by atoms with Gasteiger partial charge in [-0.15, -0.1) is 5.10 Å². The van der Waals surface area contributed by atoms with Gasteiger partial charge in [0, 0.05) is 17.3 Å². The average molecular weight is 243 g/mol. The maximum absolute atomic E-state index is 6.04. The fourth-order valence-electron chi connectivity index (χ4n) is 2.35. The van der Waals surface area contributed by atoms with Gasteiger partial charge in [-0.3, -0.25) is 0 Å². The molecular formula is C14H17N3O. The predicted octanol–water partition coefficient (Wildman–Crippen LogP) is 2.01. The second kappa shape index (κ2) is 4.90. The zero-order valence-electron chi connectivity index (χ0n) is 10.5. The molecule has 2 atom stereocenters. The summed E-state index contributed by atoms with van der Waals surface area (Å²) in [6, 6.07) is 8.05. The van der Waals surface area contributed by atoms with E-state index in [0.717, 1.165) is 30.3 Å². The largest absolute Gasteiger partial charge is 0.471 e. The van der Waals surface area contributed by atoms with Crippen LogP contribution >= 0.6 is 0 Å². The molecular weight excluding hydrogens is 226 g/mol. The van der Waals surface area contributed by atoms with Crippen LogP contribution in [-0.4, -0.2) is 29.4 Å². The van der Waals surface area contributed by atoms with Gasteiger partial charge in [0.05, 0.1) is 6.20 Å². The summed E-state index contributed by atoms with van der Waals surface area (Å²) in [7, 11) is 0. The highest BCUT2D eigenvalue weighted by Crippen LogP contribution is 2.25. The number of piperidine rings is 1. The molecule has 94 valence electrons. The summed E-state index contributed by atoms with van der Waals surface area (Å²) in [5.41, 5.74) is 0. The van der Waals surface area contributed by atoms with Crippen LogP contribution in [0.2, 0.25) is 0 Å². The van der Waals surface area contributed by atoms with Gasteiger partial charge in [0.1, 0.15) is 6.10 Å². The number of nitrogens with one attached hydrogen (secondary N) is 1. The van der Waals surface area contributed by atoms with Crippen LogP contribution in [0.15, 0.2) is 30.5 Å². The van der Waals surface area contributed by atoms with Crippen molar-refractivity contribution in [3.05, 3.63) is 30.5 Å².